The first kappa shape index (κ1) is 38.4. The molecule has 0 radical (unpaired) electrons. The van der Waals surface area contributed by atoms with Crippen molar-refractivity contribution in [3.8, 4) is 0 Å². The van der Waals surface area contributed by atoms with Crippen LogP contribution < -0.4 is 4.90 Å². The SMILES string of the molecule is CCCC(N1\C(=C/C=C/C=C/C=C/C2=[N+](CCCCS(=O)(=O)[O-])c3ccc4ccccc4c3C2(C)C)C(C)(C)c2c1ccc1ccccc21)S(=O)(=O)O. The summed E-state index contributed by atoms with van der Waals surface area (Å²) in [5, 5.41) is 3.33. The Morgan fingerprint density at radius 1 is 0.774 bits per heavy atom. The van der Waals surface area contributed by atoms with Gasteiger partial charge < -0.3 is 9.45 Å². The zero-order chi connectivity index (χ0) is 38.2. The van der Waals surface area contributed by atoms with Crippen LogP contribution in [-0.4, -0.2) is 53.9 Å². The lowest BCUT2D eigenvalue weighted by Crippen LogP contribution is -2.40. The Labute approximate surface area is 314 Å². The van der Waals surface area contributed by atoms with Crippen LogP contribution in [0.5, 0.6) is 0 Å². The molecule has 0 spiro atoms. The third-order valence-electron chi connectivity index (χ3n) is 10.6. The maximum Gasteiger partial charge on any atom is 0.286 e. The van der Waals surface area contributed by atoms with E-state index in [-0.39, 0.29) is 17.6 Å². The third-order valence-corrected chi connectivity index (χ3v) is 12.5. The van der Waals surface area contributed by atoms with Gasteiger partial charge >= 0.3 is 0 Å². The van der Waals surface area contributed by atoms with E-state index in [0.29, 0.717) is 25.8 Å². The van der Waals surface area contributed by atoms with Crippen LogP contribution in [0.4, 0.5) is 11.4 Å². The molecule has 1 unspecified atom stereocenters. The Morgan fingerprint density at radius 3 is 2.02 bits per heavy atom. The lowest BCUT2D eigenvalue weighted by atomic mass is 9.79. The molecule has 4 aromatic rings. The van der Waals surface area contributed by atoms with Crippen molar-refractivity contribution < 1.29 is 30.5 Å². The summed E-state index contributed by atoms with van der Waals surface area (Å²) in [4.78, 5) is 1.80. The van der Waals surface area contributed by atoms with Crippen molar-refractivity contribution in [1.29, 1.82) is 0 Å². The van der Waals surface area contributed by atoms with E-state index >= 15 is 0 Å². The second-order valence-electron chi connectivity index (χ2n) is 14.9. The number of nitrogens with zero attached hydrogens (tertiary/aromatic N) is 2. The highest BCUT2D eigenvalue weighted by Crippen LogP contribution is 2.52. The largest absolute Gasteiger partial charge is 0.748 e. The lowest BCUT2D eigenvalue weighted by Gasteiger charge is -2.32. The summed E-state index contributed by atoms with van der Waals surface area (Å²) in [7, 11) is -8.68. The van der Waals surface area contributed by atoms with Crippen molar-refractivity contribution >= 4 is 58.9 Å². The van der Waals surface area contributed by atoms with Crippen molar-refractivity contribution in [3.05, 3.63) is 132 Å². The van der Waals surface area contributed by atoms with Gasteiger partial charge in [-0.15, -0.1) is 0 Å². The molecule has 1 atom stereocenters. The molecular formula is C43H48N2O6S2. The van der Waals surface area contributed by atoms with Gasteiger partial charge in [0.25, 0.3) is 10.1 Å². The average molecular weight is 753 g/mol. The van der Waals surface area contributed by atoms with Gasteiger partial charge in [-0.3, -0.25) is 4.55 Å². The van der Waals surface area contributed by atoms with E-state index in [1.807, 2.05) is 79.8 Å². The number of unbranched alkanes of at least 4 members (excludes halogenated alkanes) is 1. The van der Waals surface area contributed by atoms with Crippen LogP contribution in [0.25, 0.3) is 21.5 Å². The molecule has 0 aliphatic carbocycles. The Kier molecular flexibility index (Phi) is 10.7. The maximum atomic E-state index is 12.8. The Bertz CT molecular complexity index is 2440. The molecule has 2 aliphatic rings. The second-order valence-corrected chi connectivity index (χ2v) is 18.0. The van der Waals surface area contributed by atoms with E-state index < -0.39 is 31.0 Å². The average Bonchev–Trinajstić information content (AvgIpc) is 3.46. The number of allylic oxidation sites excluding steroid dienone is 8. The summed E-state index contributed by atoms with van der Waals surface area (Å²) in [6.07, 6.45) is 15.4. The molecule has 2 aliphatic heterocycles. The number of rotatable bonds is 13. The van der Waals surface area contributed by atoms with Crippen molar-refractivity contribution in [3.63, 3.8) is 0 Å². The topological polar surface area (TPSA) is 118 Å². The van der Waals surface area contributed by atoms with Crippen molar-refractivity contribution in [1.82, 2.24) is 0 Å². The molecule has 53 heavy (non-hydrogen) atoms. The van der Waals surface area contributed by atoms with Crippen LogP contribution in [0.3, 0.4) is 0 Å². The molecule has 8 nitrogen and oxygen atoms in total. The number of fused-ring (bicyclic) bond motifs is 6. The highest BCUT2D eigenvalue weighted by atomic mass is 32.2. The Balaban J connectivity index is 1.31. The monoisotopic (exact) mass is 752 g/mol. The van der Waals surface area contributed by atoms with E-state index in [9.17, 15) is 25.9 Å². The lowest BCUT2D eigenvalue weighted by molar-refractivity contribution is -0.438. The van der Waals surface area contributed by atoms with Crippen molar-refractivity contribution in [2.24, 2.45) is 0 Å². The molecule has 0 fully saturated rings. The number of hydrogen-bond donors (Lipinski definition) is 1. The minimum atomic E-state index is -4.41. The predicted molar refractivity (Wildman–Crippen MR) is 216 cm³/mol. The molecule has 6 rings (SSSR count). The molecule has 0 bridgehead atoms. The van der Waals surface area contributed by atoms with Gasteiger partial charge in [-0.1, -0.05) is 112 Å². The van der Waals surface area contributed by atoms with E-state index in [1.165, 1.54) is 10.9 Å². The zero-order valence-electron chi connectivity index (χ0n) is 31.0. The molecule has 278 valence electrons. The van der Waals surface area contributed by atoms with Crippen LogP contribution in [-0.2, 0) is 31.1 Å². The van der Waals surface area contributed by atoms with Gasteiger partial charge in [-0.25, -0.2) is 8.42 Å². The minimum Gasteiger partial charge on any atom is -0.748 e. The van der Waals surface area contributed by atoms with Crippen LogP contribution >= 0.6 is 0 Å². The van der Waals surface area contributed by atoms with E-state index in [1.54, 1.807) is 4.90 Å². The molecule has 0 amide bonds. The zero-order valence-corrected chi connectivity index (χ0v) is 32.6. The maximum absolute atomic E-state index is 12.8. The van der Waals surface area contributed by atoms with Crippen LogP contribution in [0.2, 0.25) is 0 Å². The summed E-state index contributed by atoms with van der Waals surface area (Å²) in [6, 6.07) is 24.6. The number of benzene rings is 4. The summed E-state index contributed by atoms with van der Waals surface area (Å²) in [5.41, 5.74) is 5.08. The Morgan fingerprint density at radius 2 is 1.38 bits per heavy atom. The predicted octanol–water partition coefficient (Wildman–Crippen LogP) is 9.06. The minimum absolute atomic E-state index is 0.274. The van der Waals surface area contributed by atoms with E-state index in [4.69, 9.17) is 0 Å². The molecule has 0 saturated heterocycles. The van der Waals surface area contributed by atoms with Gasteiger partial charge in [0.2, 0.25) is 5.69 Å². The van der Waals surface area contributed by atoms with E-state index in [0.717, 1.165) is 44.5 Å². The summed E-state index contributed by atoms with van der Waals surface area (Å²) < 4.78 is 72.1. The standard InChI is InChI=1S/C43H48N2O6S2/c1-6-18-39(53(49,50)51)45-36-28-26-32-20-13-15-22-34(32)41(36)43(4,5)38(45)24-11-9-7-8-10-23-37-42(2,3)40-33-21-14-12-19-31(33)25-27-35(40)44(37)29-16-17-30-52(46,47)48/h7-15,19-28,39H,6,16-18,29-30H2,1-5H3,(H-,46,47,48,49,50,51). The Hall–Kier alpha value is -4.35. The quantitative estimate of drug-likeness (QED) is 0.0627. The fraction of sp³-hybridized carbons (Fsp3) is 0.326. The van der Waals surface area contributed by atoms with Gasteiger partial charge in [-0.05, 0) is 72.0 Å². The van der Waals surface area contributed by atoms with Crippen molar-refractivity contribution in [2.45, 2.75) is 76.5 Å². The van der Waals surface area contributed by atoms with Crippen LogP contribution in [0.15, 0.2) is 121 Å². The summed E-state index contributed by atoms with van der Waals surface area (Å²) >= 11 is 0. The van der Waals surface area contributed by atoms with Crippen molar-refractivity contribution in [2.75, 3.05) is 17.2 Å². The summed E-state index contributed by atoms with van der Waals surface area (Å²) in [6.45, 7) is 11.1. The van der Waals surface area contributed by atoms with Gasteiger partial charge in [0.1, 0.15) is 6.54 Å². The van der Waals surface area contributed by atoms with Gasteiger partial charge in [0.05, 0.1) is 15.5 Å². The number of anilines is 1. The first-order chi connectivity index (χ1) is 25.1. The third kappa shape index (κ3) is 7.55. The highest BCUT2D eigenvalue weighted by molar-refractivity contribution is 7.86. The molecule has 2 heterocycles. The van der Waals surface area contributed by atoms with Crippen LogP contribution in [0.1, 0.15) is 71.4 Å². The first-order valence-corrected chi connectivity index (χ1v) is 21.3. The molecule has 0 saturated carbocycles. The molecule has 4 aromatic carbocycles. The fourth-order valence-corrected chi connectivity index (χ4v) is 9.83. The molecule has 1 N–H and O–H groups in total. The fourth-order valence-electron chi connectivity index (χ4n) is 8.24. The molecular weight excluding hydrogens is 705 g/mol. The normalized spacial score (nSPS) is 18.4. The molecule has 0 aromatic heterocycles. The van der Waals surface area contributed by atoms with E-state index in [2.05, 4.69) is 74.7 Å². The smallest absolute Gasteiger partial charge is 0.286 e. The second kappa shape index (κ2) is 14.8. The van der Waals surface area contributed by atoms with Gasteiger partial charge in [-0.2, -0.15) is 13.0 Å². The summed E-state index contributed by atoms with van der Waals surface area (Å²) in [5.74, 6) is -0.377. The number of hydrogen-bond acceptors (Lipinski definition) is 6. The van der Waals surface area contributed by atoms with Gasteiger partial charge in [0.15, 0.2) is 11.1 Å². The van der Waals surface area contributed by atoms with Gasteiger partial charge in [0, 0.05) is 46.7 Å². The van der Waals surface area contributed by atoms with Crippen LogP contribution in [0, 0.1) is 0 Å². The first-order valence-electron chi connectivity index (χ1n) is 18.2. The highest BCUT2D eigenvalue weighted by Gasteiger charge is 2.47. The molecule has 10 heteroatoms.